The fraction of sp³-hybridized carbons (Fsp3) is 0.800. The van der Waals surface area contributed by atoms with Crippen molar-refractivity contribution < 1.29 is 4.79 Å². The van der Waals surface area contributed by atoms with Crippen molar-refractivity contribution in [3.8, 4) is 0 Å². The normalized spacial score (nSPS) is 13.2. The van der Waals surface area contributed by atoms with Crippen molar-refractivity contribution in [2.45, 2.75) is 72.1 Å². The summed E-state index contributed by atoms with van der Waals surface area (Å²) in [6.45, 7) is 10.6. The quantitative estimate of drug-likeness (QED) is 0.774. The van der Waals surface area contributed by atoms with Crippen LogP contribution in [-0.4, -0.2) is 16.1 Å². The molecule has 5 heteroatoms. The number of rotatable bonds is 8. The Balaban J connectivity index is 2.66. The van der Waals surface area contributed by atoms with Crippen molar-refractivity contribution in [3.63, 3.8) is 0 Å². The molecule has 1 amide bonds. The van der Waals surface area contributed by atoms with Gasteiger partial charge in [-0.25, -0.2) is 0 Å². The molecular weight excluding hydrogens is 270 g/mol. The van der Waals surface area contributed by atoms with Gasteiger partial charge < -0.3 is 5.32 Å². The van der Waals surface area contributed by atoms with Gasteiger partial charge in [-0.05, 0) is 19.3 Å². The molecule has 0 saturated carbocycles. The van der Waals surface area contributed by atoms with E-state index in [0.29, 0.717) is 5.13 Å². The molecule has 0 saturated heterocycles. The molecule has 1 heterocycles. The molecule has 0 aliphatic heterocycles. The van der Waals surface area contributed by atoms with Gasteiger partial charge >= 0.3 is 0 Å². The van der Waals surface area contributed by atoms with E-state index in [1.165, 1.54) is 11.3 Å². The standard InChI is InChI=1S/C15H27N3OS/c1-6-9-10-11(7-2)12(19)16-14-18-17-13(20-14)15(4,5)8-3/h11H,6-10H2,1-5H3,(H,16,18,19)/t11-/m1/s1. The largest absolute Gasteiger partial charge is 0.300 e. The van der Waals surface area contributed by atoms with Crippen LogP contribution in [0.4, 0.5) is 5.13 Å². The maximum Gasteiger partial charge on any atom is 0.229 e. The highest BCUT2D eigenvalue weighted by Gasteiger charge is 2.24. The highest BCUT2D eigenvalue weighted by molar-refractivity contribution is 7.15. The first-order valence-corrected chi connectivity index (χ1v) is 8.41. The van der Waals surface area contributed by atoms with Crippen molar-refractivity contribution in [1.82, 2.24) is 10.2 Å². The summed E-state index contributed by atoms with van der Waals surface area (Å²) < 4.78 is 0. The third kappa shape index (κ3) is 4.54. The van der Waals surface area contributed by atoms with E-state index < -0.39 is 0 Å². The molecule has 20 heavy (non-hydrogen) atoms. The van der Waals surface area contributed by atoms with E-state index in [0.717, 1.165) is 37.1 Å². The molecule has 1 rings (SSSR count). The van der Waals surface area contributed by atoms with Crippen LogP contribution in [-0.2, 0) is 10.2 Å². The lowest BCUT2D eigenvalue weighted by atomic mass is 9.91. The molecule has 0 fully saturated rings. The molecular formula is C15H27N3OS. The fourth-order valence-corrected chi connectivity index (χ4v) is 2.80. The third-order valence-corrected chi connectivity index (χ3v) is 5.09. The first-order valence-electron chi connectivity index (χ1n) is 7.59. The Hall–Kier alpha value is -0.970. The number of amides is 1. The van der Waals surface area contributed by atoms with Crippen LogP contribution in [0.3, 0.4) is 0 Å². The minimum Gasteiger partial charge on any atom is -0.300 e. The number of carbonyl (C=O) groups excluding carboxylic acids is 1. The number of hydrogen-bond acceptors (Lipinski definition) is 4. The minimum absolute atomic E-state index is 0.0208. The second-order valence-electron chi connectivity index (χ2n) is 5.89. The summed E-state index contributed by atoms with van der Waals surface area (Å²) >= 11 is 1.49. The Bertz CT molecular complexity index is 429. The van der Waals surface area contributed by atoms with Crippen LogP contribution in [0.1, 0.15) is 71.7 Å². The Morgan fingerprint density at radius 3 is 2.55 bits per heavy atom. The predicted octanol–water partition coefficient (Wildman–Crippen LogP) is 4.38. The number of carbonyl (C=O) groups is 1. The molecule has 1 aromatic heterocycles. The lowest BCUT2D eigenvalue weighted by Crippen LogP contribution is -2.22. The van der Waals surface area contributed by atoms with E-state index in [-0.39, 0.29) is 17.2 Å². The van der Waals surface area contributed by atoms with Gasteiger partial charge in [0.1, 0.15) is 5.01 Å². The number of unbranched alkanes of at least 4 members (excludes halogenated alkanes) is 1. The van der Waals surface area contributed by atoms with Gasteiger partial charge in [-0.1, -0.05) is 58.8 Å². The van der Waals surface area contributed by atoms with Crippen LogP contribution in [0.5, 0.6) is 0 Å². The lowest BCUT2D eigenvalue weighted by Gasteiger charge is -2.17. The zero-order valence-electron chi connectivity index (χ0n) is 13.3. The Morgan fingerprint density at radius 2 is 2.00 bits per heavy atom. The van der Waals surface area contributed by atoms with Crippen molar-refractivity contribution in [2.24, 2.45) is 5.92 Å². The summed E-state index contributed by atoms with van der Waals surface area (Å²) in [5, 5.41) is 12.9. The van der Waals surface area contributed by atoms with Crippen molar-refractivity contribution in [1.29, 1.82) is 0 Å². The number of aromatic nitrogens is 2. The zero-order chi connectivity index (χ0) is 15.2. The van der Waals surface area contributed by atoms with E-state index in [9.17, 15) is 4.79 Å². The predicted molar refractivity (Wildman–Crippen MR) is 85.2 cm³/mol. The number of anilines is 1. The van der Waals surface area contributed by atoms with Crippen LogP contribution in [0.15, 0.2) is 0 Å². The Labute approximate surface area is 126 Å². The molecule has 114 valence electrons. The van der Waals surface area contributed by atoms with E-state index in [4.69, 9.17) is 0 Å². The van der Waals surface area contributed by atoms with Crippen molar-refractivity contribution in [3.05, 3.63) is 5.01 Å². The molecule has 0 aliphatic carbocycles. The monoisotopic (exact) mass is 297 g/mol. The fourth-order valence-electron chi connectivity index (χ4n) is 1.88. The summed E-state index contributed by atoms with van der Waals surface area (Å²) in [7, 11) is 0. The van der Waals surface area contributed by atoms with Crippen molar-refractivity contribution in [2.75, 3.05) is 5.32 Å². The first-order chi connectivity index (χ1) is 9.44. The summed E-state index contributed by atoms with van der Waals surface area (Å²) in [6.07, 6.45) is 5.04. The summed E-state index contributed by atoms with van der Waals surface area (Å²) in [4.78, 5) is 12.2. The van der Waals surface area contributed by atoms with Gasteiger partial charge in [0.2, 0.25) is 11.0 Å². The smallest absolute Gasteiger partial charge is 0.229 e. The van der Waals surface area contributed by atoms with E-state index in [1.807, 2.05) is 0 Å². The molecule has 1 atom stereocenters. The number of nitrogens with one attached hydrogen (secondary N) is 1. The maximum absolute atomic E-state index is 12.2. The summed E-state index contributed by atoms with van der Waals surface area (Å²) in [6, 6.07) is 0. The summed E-state index contributed by atoms with van der Waals surface area (Å²) in [5.74, 6) is 0.166. The number of nitrogens with zero attached hydrogens (tertiary/aromatic N) is 2. The highest BCUT2D eigenvalue weighted by atomic mass is 32.1. The van der Waals surface area contributed by atoms with Gasteiger partial charge in [0, 0.05) is 11.3 Å². The molecule has 1 aromatic rings. The van der Waals surface area contributed by atoms with Gasteiger partial charge in [0.05, 0.1) is 0 Å². The van der Waals surface area contributed by atoms with Crippen molar-refractivity contribution >= 4 is 22.4 Å². The Morgan fingerprint density at radius 1 is 1.30 bits per heavy atom. The molecule has 0 unspecified atom stereocenters. The van der Waals surface area contributed by atoms with Crippen LogP contribution in [0.25, 0.3) is 0 Å². The average molecular weight is 297 g/mol. The average Bonchev–Trinajstić information content (AvgIpc) is 2.89. The molecule has 1 N–H and O–H groups in total. The second kappa shape index (κ2) is 7.72. The topological polar surface area (TPSA) is 54.9 Å². The molecule has 0 radical (unpaired) electrons. The highest BCUT2D eigenvalue weighted by Crippen LogP contribution is 2.31. The SMILES string of the molecule is CCCC[C@@H](CC)C(=O)Nc1nnc(C(C)(C)CC)s1. The maximum atomic E-state index is 12.2. The molecule has 0 spiro atoms. The molecule has 0 aromatic carbocycles. The van der Waals surface area contributed by atoms with E-state index in [1.54, 1.807) is 0 Å². The first kappa shape index (κ1) is 17.1. The van der Waals surface area contributed by atoms with Gasteiger partial charge in [0.25, 0.3) is 0 Å². The van der Waals surface area contributed by atoms with E-state index >= 15 is 0 Å². The van der Waals surface area contributed by atoms with Gasteiger partial charge in [-0.2, -0.15) is 0 Å². The van der Waals surface area contributed by atoms with Gasteiger partial charge in [-0.15, -0.1) is 10.2 Å². The van der Waals surface area contributed by atoms with Gasteiger partial charge in [0.15, 0.2) is 0 Å². The van der Waals surface area contributed by atoms with E-state index in [2.05, 4.69) is 50.1 Å². The van der Waals surface area contributed by atoms with Crippen LogP contribution in [0, 0.1) is 5.92 Å². The molecule has 4 nitrogen and oxygen atoms in total. The van der Waals surface area contributed by atoms with Gasteiger partial charge in [-0.3, -0.25) is 4.79 Å². The molecule has 0 bridgehead atoms. The number of hydrogen-bond donors (Lipinski definition) is 1. The zero-order valence-corrected chi connectivity index (χ0v) is 14.1. The van der Waals surface area contributed by atoms with Crippen LogP contribution >= 0.6 is 11.3 Å². The second-order valence-corrected chi connectivity index (χ2v) is 6.86. The molecule has 0 aliphatic rings. The van der Waals surface area contributed by atoms with Crippen LogP contribution < -0.4 is 5.32 Å². The Kier molecular flexibility index (Phi) is 6.59. The third-order valence-electron chi connectivity index (χ3n) is 3.89. The minimum atomic E-state index is 0.0208. The summed E-state index contributed by atoms with van der Waals surface area (Å²) in [5.41, 5.74) is 0.0208. The van der Waals surface area contributed by atoms with Crippen LogP contribution in [0.2, 0.25) is 0 Å². The lowest BCUT2D eigenvalue weighted by molar-refractivity contribution is -0.120.